The van der Waals surface area contributed by atoms with Crippen molar-refractivity contribution >= 4 is 35.5 Å². The van der Waals surface area contributed by atoms with Crippen molar-refractivity contribution < 1.29 is 39.0 Å². The predicted octanol–water partition coefficient (Wildman–Crippen LogP) is -4.99. The first-order chi connectivity index (χ1) is 13.4. The third-order valence-corrected chi connectivity index (χ3v) is 3.62. The third-order valence-electron chi connectivity index (χ3n) is 3.62. The molecule has 14 heteroatoms. The molecule has 5 amide bonds. The Morgan fingerprint density at radius 2 is 1.41 bits per heavy atom. The fraction of sp³-hybridized carbons (Fsp3) is 0.600. The van der Waals surface area contributed by atoms with Gasteiger partial charge in [0.05, 0.1) is 13.0 Å². The number of nitrogens with one attached hydrogen (secondary N) is 3. The summed E-state index contributed by atoms with van der Waals surface area (Å²) in [5, 5.41) is 24.4. The summed E-state index contributed by atoms with van der Waals surface area (Å²) in [6.45, 7) is 0.595. The second-order valence-electron chi connectivity index (χ2n) is 6.16. The van der Waals surface area contributed by atoms with Crippen LogP contribution in [0.4, 0.5) is 0 Å². The SMILES string of the molecule is CC(NC(=O)C(N)CO)C(=O)NC(CC(N)=O)C(=O)NC(CCC(N)=O)C(=O)O. The quantitative estimate of drug-likeness (QED) is 0.142. The minimum atomic E-state index is -1.54. The van der Waals surface area contributed by atoms with Crippen LogP contribution in [0, 0.1) is 0 Å². The average Bonchev–Trinajstić information content (AvgIpc) is 2.62. The molecule has 0 saturated carbocycles. The molecule has 0 bridgehead atoms. The number of hydrogen-bond acceptors (Lipinski definition) is 8. The second kappa shape index (κ2) is 12.2. The van der Waals surface area contributed by atoms with E-state index in [0.717, 1.165) is 0 Å². The summed E-state index contributed by atoms with van der Waals surface area (Å²) < 4.78 is 0. The van der Waals surface area contributed by atoms with Gasteiger partial charge in [0.15, 0.2) is 0 Å². The topological polar surface area (TPSA) is 257 Å². The number of amides is 5. The number of rotatable bonds is 13. The average molecular weight is 418 g/mol. The highest BCUT2D eigenvalue weighted by Gasteiger charge is 2.29. The Balaban J connectivity index is 5.13. The van der Waals surface area contributed by atoms with Gasteiger partial charge in [-0.15, -0.1) is 0 Å². The van der Waals surface area contributed by atoms with Gasteiger partial charge in [-0.1, -0.05) is 0 Å². The minimum Gasteiger partial charge on any atom is -0.480 e. The van der Waals surface area contributed by atoms with Gasteiger partial charge in [0.25, 0.3) is 0 Å². The molecule has 0 aliphatic rings. The molecule has 0 aliphatic carbocycles. The first kappa shape index (κ1) is 25.7. The molecule has 0 saturated heterocycles. The Bertz CT molecular complexity index is 655. The molecule has 0 heterocycles. The van der Waals surface area contributed by atoms with Gasteiger partial charge >= 0.3 is 5.97 Å². The van der Waals surface area contributed by atoms with E-state index in [1.165, 1.54) is 6.92 Å². The van der Waals surface area contributed by atoms with Crippen LogP contribution >= 0.6 is 0 Å². The van der Waals surface area contributed by atoms with E-state index in [4.69, 9.17) is 27.4 Å². The van der Waals surface area contributed by atoms with Crippen molar-refractivity contribution in [2.75, 3.05) is 6.61 Å². The van der Waals surface area contributed by atoms with Crippen molar-refractivity contribution in [3.63, 3.8) is 0 Å². The van der Waals surface area contributed by atoms with Crippen LogP contribution in [0.5, 0.6) is 0 Å². The lowest BCUT2D eigenvalue weighted by Gasteiger charge is -2.22. The van der Waals surface area contributed by atoms with Gasteiger partial charge in [0.1, 0.15) is 24.2 Å². The minimum absolute atomic E-state index is 0.306. The molecule has 4 unspecified atom stereocenters. The predicted molar refractivity (Wildman–Crippen MR) is 96.4 cm³/mol. The molecular formula is C15H26N6O8. The summed E-state index contributed by atoms with van der Waals surface area (Å²) in [4.78, 5) is 69.3. The zero-order valence-corrected chi connectivity index (χ0v) is 15.7. The van der Waals surface area contributed by atoms with Gasteiger partial charge in [-0.3, -0.25) is 24.0 Å². The molecule has 14 nitrogen and oxygen atoms in total. The number of hydrogen-bond donors (Lipinski definition) is 8. The van der Waals surface area contributed by atoms with Crippen molar-refractivity contribution in [1.82, 2.24) is 16.0 Å². The van der Waals surface area contributed by atoms with Crippen molar-refractivity contribution in [3.05, 3.63) is 0 Å². The van der Waals surface area contributed by atoms with Gasteiger partial charge in [-0.25, -0.2) is 4.79 Å². The maximum atomic E-state index is 12.3. The Hall–Kier alpha value is -3.26. The van der Waals surface area contributed by atoms with E-state index in [-0.39, 0.29) is 12.8 Å². The molecule has 0 radical (unpaired) electrons. The molecule has 4 atom stereocenters. The van der Waals surface area contributed by atoms with Gasteiger partial charge in [0, 0.05) is 6.42 Å². The fourth-order valence-corrected chi connectivity index (χ4v) is 1.99. The zero-order valence-electron chi connectivity index (χ0n) is 15.7. The number of aliphatic carboxylic acids is 1. The molecule has 29 heavy (non-hydrogen) atoms. The second-order valence-corrected chi connectivity index (χ2v) is 6.16. The van der Waals surface area contributed by atoms with Crippen LogP contribution in [-0.4, -0.2) is 76.5 Å². The lowest BCUT2D eigenvalue weighted by atomic mass is 10.1. The monoisotopic (exact) mass is 418 g/mol. The van der Waals surface area contributed by atoms with Crippen LogP contribution in [0.3, 0.4) is 0 Å². The van der Waals surface area contributed by atoms with Gasteiger partial charge in [-0.05, 0) is 13.3 Å². The normalized spacial score (nSPS) is 14.6. The Morgan fingerprint density at radius 3 is 1.86 bits per heavy atom. The zero-order chi connectivity index (χ0) is 22.7. The summed E-state index contributed by atoms with van der Waals surface area (Å²) in [5.41, 5.74) is 15.3. The van der Waals surface area contributed by atoms with Gasteiger partial charge in [-0.2, -0.15) is 0 Å². The third kappa shape index (κ3) is 10.0. The van der Waals surface area contributed by atoms with E-state index in [1.807, 2.05) is 0 Å². The lowest BCUT2D eigenvalue weighted by Crippen LogP contribution is -2.57. The van der Waals surface area contributed by atoms with Crippen LogP contribution in [0.1, 0.15) is 26.2 Å². The van der Waals surface area contributed by atoms with Crippen LogP contribution in [-0.2, 0) is 28.8 Å². The number of carboxylic acids is 1. The molecule has 0 aromatic carbocycles. The molecule has 0 aliphatic heterocycles. The van der Waals surface area contributed by atoms with Gasteiger partial charge in [0.2, 0.25) is 29.5 Å². The van der Waals surface area contributed by atoms with Crippen LogP contribution in [0.25, 0.3) is 0 Å². The Kier molecular flexibility index (Phi) is 10.9. The summed E-state index contributed by atoms with van der Waals surface area (Å²) in [6.07, 6.45) is -1.28. The molecule has 164 valence electrons. The molecule has 0 rings (SSSR count). The summed E-state index contributed by atoms with van der Waals surface area (Å²) in [6, 6.07) is -5.51. The molecule has 0 spiro atoms. The Labute approximate surface area is 165 Å². The first-order valence-corrected chi connectivity index (χ1v) is 8.46. The number of carbonyl (C=O) groups excluding carboxylic acids is 5. The number of carbonyl (C=O) groups is 6. The van der Waals surface area contributed by atoms with Crippen LogP contribution in [0.15, 0.2) is 0 Å². The Morgan fingerprint density at radius 1 is 0.862 bits per heavy atom. The maximum Gasteiger partial charge on any atom is 0.326 e. The van der Waals surface area contributed by atoms with E-state index < -0.39 is 72.7 Å². The largest absolute Gasteiger partial charge is 0.480 e. The van der Waals surface area contributed by atoms with Crippen molar-refractivity contribution in [2.45, 2.75) is 50.4 Å². The number of carboxylic acid groups (broad SMARTS) is 1. The number of aliphatic hydroxyl groups excluding tert-OH is 1. The molecular weight excluding hydrogens is 392 g/mol. The van der Waals surface area contributed by atoms with E-state index in [1.54, 1.807) is 0 Å². The highest BCUT2D eigenvalue weighted by molar-refractivity contribution is 5.96. The summed E-state index contributed by atoms with van der Waals surface area (Å²) in [5.74, 6) is -5.97. The maximum absolute atomic E-state index is 12.3. The number of nitrogens with two attached hydrogens (primary N) is 3. The summed E-state index contributed by atoms with van der Waals surface area (Å²) >= 11 is 0. The molecule has 11 N–H and O–H groups in total. The lowest BCUT2D eigenvalue weighted by molar-refractivity contribution is -0.142. The summed E-state index contributed by atoms with van der Waals surface area (Å²) in [7, 11) is 0. The van der Waals surface area contributed by atoms with Crippen molar-refractivity contribution in [3.8, 4) is 0 Å². The van der Waals surface area contributed by atoms with E-state index in [0.29, 0.717) is 0 Å². The van der Waals surface area contributed by atoms with E-state index in [2.05, 4.69) is 16.0 Å². The number of primary amides is 2. The van der Waals surface area contributed by atoms with E-state index in [9.17, 15) is 28.8 Å². The first-order valence-electron chi connectivity index (χ1n) is 8.46. The van der Waals surface area contributed by atoms with Crippen molar-refractivity contribution in [2.24, 2.45) is 17.2 Å². The van der Waals surface area contributed by atoms with Crippen LogP contribution in [0.2, 0.25) is 0 Å². The van der Waals surface area contributed by atoms with Gasteiger partial charge < -0.3 is 43.4 Å². The van der Waals surface area contributed by atoms with Crippen LogP contribution < -0.4 is 33.2 Å². The molecule has 0 aromatic heterocycles. The standard InChI is InChI=1S/C15H26N6O8/c1-6(19-13(26)7(16)5-22)12(25)21-9(4-11(18)24)14(27)20-8(15(28)29)2-3-10(17)23/h6-9,22H,2-5,16H2,1H3,(H2,17,23)(H2,18,24)(H,19,26)(H,20,27)(H,21,25)(H,28,29). The fourth-order valence-electron chi connectivity index (χ4n) is 1.99. The van der Waals surface area contributed by atoms with Crippen molar-refractivity contribution in [1.29, 1.82) is 0 Å². The van der Waals surface area contributed by atoms with E-state index >= 15 is 0 Å². The molecule has 0 aromatic rings. The highest BCUT2D eigenvalue weighted by atomic mass is 16.4. The highest BCUT2D eigenvalue weighted by Crippen LogP contribution is 2.01. The number of aliphatic hydroxyl groups is 1. The smallest absolute Gasteiger partial charge is 0.326 e. The molecule has 0 fully saturated rings.